The molecule has 1 amide bonds. The van der Waals surface area contributed by atoms with Crippen molar-refractivity contribution in [3.8, 4) is 17.0 Å². The monoisotopic (exact) mass is 425 g/mol. The van der Waals surface area contributed by atoms with Crippen molar-refractivity contribution in [1.29, 1.82) is 0 Å². The zero-order valence-corrected chi connectivity index (χ0v) is 17.0. The standard InChI is InChI=1S/C13H13F3N4O.C7H13NO/c14-13(15,16)21-10-4-8(5-19-12(10)17)9-6-18-11(20-9)3-7-1-2-7;1-6-3-4-8(5-6)7(2)9/h4-7H,1-3H2,(H2,17,19)(H,18,20);6H,3-5H2,1-2H3. The summed E-state index contributed by atoms with van der Waals surface area (Å²) in [4.78, 5) is 23.7. The highest BCUT2D eigenvalue weighted by Gasteiger charge is 2.32. The molecule has 1 unspecified atom stereocenters. The van der Waals surface area contributed by atoms with Crippen molar-refractivity contribution in [3.05, 3.63) is 24.3 Å². The summed E-state index contributed by atoms with van der Waals surface area (Å²) in [5.41, 5.74) is 6.42. The average molecular weight is 425 g/mol. The molecule has 164 valence electrons. The minimum Gasteiger partial charge on any atom is -0.402 e. The topological polar surface area (TPSA) is 97.1 Å². The van der Waals surface area contributed by atoms with Crippen molar-refractivity contribution in [2.45, 2.75) is 45.9 Å². The summed E-state index contributed by atoms with van der Waals surface area (Å²) in [6.07, 6.45) is 2.58. The summed E-state index contributed by atoms with van der Waals surface area (Å²) >= 11 is 0. The third-order valence-corrected chi connectivity index (χ3v) is 5.10. The second-order valence-corrected chi connectivity index (χ2v) is 7.91. The van der Waals surface area contributed by atoms with Crippen LogP contribution < -0.4 is 10.5 Å². The Morgan fingerprint density at radius 3 is 2.57 bits per heavy atom. The number of anilines is 1. The van der Waals surface area contributed by atoms with Crippen molar-refractivity contribution >= 4 is 11.7 Å². The minimum absolute atomic E-state index is 0.222. The fourth-order valence-corrected chi connectivity index (χ4v) is 3.24. The number of pyridine rings is 1. The molecule has 1 saturated carbocycles. The molecule has 4 rings (SSSR count). The van der Waals surface area contributed by atoms with Gasteiger partial charge in [0.1, 0.15) is 5.82 Å². The van der Waals surface area contributed by atoms with Gasteiger partial charge in [0.2, 0.25) is 5.91 Å². The molecule has 10 heteroatoms. The molecule has 1 aliphatic carbocycles. The highest BCUT2D eigenvalue weighted by atomic mass is 19.4. The van der Waals surface area contributed by atoms with Gasteiger partial charge in [0.25, 0.3) is 0 Å². The van der Waals surface area contributed by atoms with Crippen LogP contribution in [0.25, 0.3) is 11.3 Å². The number of hydrogen-bond donors (Lipinski definition) is 2. The van der Waals surface area contributed by atoms with Crippen LogP contribution in [0.5, 0.6) is 5.75 Å². The summed E-state index contributed by atoms with van der Waals surface area (Å²) in [6.45, 7) is 5.76. The van der Waals surface area contributed by atoms with E-state index in [-0.39, 0.29) is 11.7 Å². The number of rotatable bonds is 4. The van der Waals surface area contributed by atoms with Gasteiger partial charge in [0, 0.05) is 38.2 Å². The molecule has 0 bridgehead atoms. The maximum atomic E-state index is 12.3. The molecular formula is C20H26F3N5O2. The highest BCUT2D eigenvalue weighted by molar-refractivity contribution is 5.73. The lowest BCUT2D eigenvalue weighted by molar-refractivity contribution is -0.274. The number of aromatic amines is 1. The summed E-state index contributed by atoms with van der Waals surface area (Å²) < 4.78 is 40.7. The number of alkyl halides is 3. The highest BCUT2D eigenvalue weighted by Crippen LogP contribution is 2.33. The van der Waals surface area contributed by atoms with Gasteiger partial charge < -0.3 is 20.4 Å². The van der Waals surface area contributed by atoms with Crippen molar-refractivity contribution in [3.63, 3.8) is 0 Å². The lowest BCUT2D eigenvalue weighted by atomic mass is 10.2. The van der Waals surface area contributed by atoms with E-state index >= 15 is 0 Å². The number of imidazole rings is 1. The molecular weight excluding hydrogens is 399 g/mol. The van der Waals surface area contributed by atoms with Crippen LogP contribution >= 0.6 is 0 Å². The number of H-pyrrole nitrogens is 1. The number of amides is 1. The third-order valence-electron chi connectivity index (χ3n) is 5.10. The first-order valence-corrected chi connectivity index (χ1v) is 9.91. The van der Waals surface area contributed by atoms with Gasteiger partial charge in [0.15, 0.2) is 11.6 Å². The number of hydrogen-bond acceptors (Lipinski definition) is 5. The van der Waals surface area contributed by atoms with Crippen molar-refractivity contribution in [2.24, 2.45) is 11.8 Å². The number of carbonyl (C=O) groups excluding carboxylic acids is 1. The largest absolute Gasteiger partial charge is 0.573 e. The molecule has 7 nitrogen and oxygen atoms in total. The van der Waals surface area contributed by atoms with Crippen LogP contribution in [0.15, 0.2) is 18.5 Å². The van der Waals surface area contributed by atoms with Gasteiger partial charge in [-0.15, -0.1) is 13.2 Å². The van der Waals surface area contributed by atoms with E-state index in [0.717, 1.165) is 25.3 Å². The van der Waals surface area contributed by atoms with Crippen LogP contribution in [0.4, 0.5) is 19.0 Å². The van der Waals surface area contributed by atoms with Gasteiger partial charge in [-0.05, 0) is 37.2 Å². The van der Waals surface area contributed by atoms with Gasteiger partial charge in [-0.1, -0.05) is 6.92 Å². The van der Waals surface area contributed by atoms with E-state index in [1.807, 2.05) is 4.90 Å². The summed E-state index contributed by atoms with van der Waals surface area (Å²) in [5, 5.41) is 0. The van der Waals surface area contributed by atoms with Gasteiger partial charge in [0.05, 0.1) is 11.9 Å². The summed E-state index contributed by atoms with van der Waals surface area (Å²) in [7, 11) is 0. The number of nitrogens with two attached hydrogens (primary N) is 1. The molecule has 2 aromatic heterocycles. The van der Waals surface area contributed by atoms with E-state index in [2.05, 4.69) is 26.6 Å². The summed E-state index contributed by atoms with van der Waals surface area (Å²) in [5.74, 6) is 1.60. The second kappa shape index (κ2) is 8.93. The number of aromatic nitrogens is 3. The number of halogens is 3. The van der Waals surface area contributed by atoms with E-state index in [1.54, 1.807) is 13.1 Å². The number of likely N-dealkylation sites (tertiary alicyclic amines) is 1. The van der Waals surface area contributed by atoms with Crippen LogP contribution in [0.2, 0.25) is 0 Å². The van der Waals surface area contributed by atoms with Crippen LogP contribution in [0.1, 0.15) is 38.9 Å². The second-order valence-electron chi connectivity index (χ2n) is 7.91. The normalized spacial score (nSPS) is 18.7. The smallest absolute Gasteiger partial charge is 0.402 e. The van der Waals surface area contributed by atoms with Crippen LogP contribution in [0, 0.1) is 11.8 Å². The lowest BCUT2D eigenvalue weighted by Gasteiger charge is -2.11. The molecule has 3 heterocycles. The van der Waals surface area contributed by atoms with E-state index in [9.17, 15) is 18.0 Å². The van der Waals surface area contributed by atoms with Crippen LogP contribution in [-0.4, -0.2) is 45.2 Å². The average Bonchev–Trinajstić information content (AvgIpc) is 3.15. The number of nitrogens with zero attached hydrogens (tertiary/aromatic N) is 3. The van der Waals surface area contributed by atoms with Crippen LogP contribution in [0.3, 0.4) is 0 Å². The zero-order valence-electron chi connectivity index (χ0n) is 17.0. The number of nitrogen functional groups attached to an aromatic ring is 1. The van der Waals surface area contributed by atoms with E-state index < -0.39 is 12.1 Å². The van der Waals surface area contributed by atoms with E-state index in [1.165, 1.54) is 31.5 Å². The number of carbonyl (C=O) groups is 1. The Hall–Kier alpha value is -2.78. The SMILES string of the molecule is CC(=O)N1CCC(C)C1.Nc1ncc(-c2cnc(CC3CC3)[nH]2)cc1OC(F)(F)F. The molecule has 0 radical (unpaired) electrons. The molecule has 1 saturated heterocycles. The Labute approximate surface area is 172 Å². The molecule has 1 atom stereocenters. The molecule has 30 heavy (non-hydrogen) atoms. The van der Waals surface area contributed by atoms with Gasteiger partial charge in [-0.2, -0.15) is 0 Å². The molecule has 2 aliphatic rings. The molecule has 2 aromatic rings. The van der Waals surface area contributed by atoms with Gasteiger partial charge in [-0.3, -0.25) is 4.79 Å². The third kappa shape index (κ3) is 6.36. The van der Waals surface area contributed by atoms with Crippen molar-refractivity contribution in [2.75, 3.05) is 18.8 Å². The van der Waals surface area contributed by atoms with Crippen molar-refractivity contribution in [1.82, 2.24) is 19.9 Å². The Morgan fingerprint density at radius 2 is 2.03 bits per heavy atom. The maximum Gasteiger partial charge on any atom is 0.573 e. The quantitative estimate of drug-likeness (QED) is 0.777. The predicted octanol–water partition coefficient (Wildman–Crippen LogP) is 3.78. The fraction of sp³-hybridized carbons (Fsp3) is 0.550. The number of nitrogens with one attached hydrogen (secondary N) is 1. The first-order valence-electron chi connectivity index (χ1n) is 9.91. The Balaban J connectivity index is 0.000000239. The first-order chi connectivity index (χ1) is 14.1. The Bertz CT molecular complexity index is 880. The van der Waals surface area contributed by atoms with Crippen molar-refractivity contribution < 1.29 is 22.7 Å². The van der Waals surface area contributed by atoms with E-state index in [0.29, 0.717) is 23.1 Å². The zero-order chi connectivity index (χ0) is 21.9. The summed E-state index contributed by atoms with van der Waals surface area (Å²) in [6, 6.07) is 1.20. The molecule has 0 aromatic carbocycles. The Morgan fingerprint density at radius 1 is 1.30 bits per heavy atom. The lowest BCUT2D eigenvalue weighted by Crippen LogP contribution is -2.25. The number of ether oxygens (including phenoxy) is 1. The van der Waals surface area contributed by atoms with E-state index in [4.69, 9.17) is 5.73 Å². The first kappa shape index (κ1) is 21.9. The van der Waals surface area contributed by atoms with Gasteiger partial charge >= 0.3 is 6.36 Å². The minimum atomic E-state index is -4.81. The van der Waals surface area contributed by atoms with Gasteiger partial charge in [-0.25, -0.2) is 9.97 Å². The molecule has 1 aliphatic heterocycles. The molecule has 2 fully saturated rings. The predicted molar refractivity (Wildman–Crippen MR) is 105 cm³/mol. The molecule has 3 N–H and O–H groups in total. The molecule has 0 spiro atoms. The Kier molecular flexibility index (Phi) is 6.52. The van der Waals surface area contributed by atoms with Crippen LogP contribution in [-0.2, 0) is 11.2 Å². The maximum absolute atomic E-state index is 12.3. The fourth-order valence-electron chi connectivity index (χ4n) is 3.24.